The molecule has 0 spiro atoms. The van der Waals surface area contributed by atoms with Crippen LogP contribution in [0.4, 0.5) is 11.4 Å². The molecular formula is C22H27BrN2O2. The normalized spacial score (nSPS) is 36.5. The average Bonchev–Trinajstić information content (AvgIpc) is 3.38. The van der Waals surface area contributed by atoms with E-state index in [1.807, 2.05) is 24.3 Å². The Labute approximate surface area is 169 Å². The van der Waals surface area contributed by atoms with Crippen LogP contribution >= 0.6 is 15.9 Å². The predicted molar refractivity (Wildman–Crippen MR) is 110 cm³/mol. The van der Waals surface area contributed by atoms with Crippen molar-refractivity contribution < 1.29 is 9.59 Å². The van der Waals surface area contributed by atoms with Gasteiger partial charge in [-0.15, -0.1) is 0 Å². The van der Waals surface area contributed by atoms with Gasteiger partial charge in [-0.3, -0.25) is 9.59 Å². The lowest BCUT2D eigenvalue weighted by Gasteiger charge is -2.60. The molecule has 5 aliphatic carbocycles. The number of benzene rings is 1. The fourth-order valence-electron chi connectivity index (χ4n) is 6.32. The molecule has 1 aromatic carbocycles. The SMILES string of the molecule is O=C(CC12CC3CC(CC(Br)(C3)C1)C2)Nc1ccc(NC(=O)C2CC2)cc1. The summed E-state index contributed by atoms with van der Waals surface area (Å²) < 4.78 is 0.290. The van der Waals surface area contributed by atoms with Gasteiger partial charge in [0.05, 0.1) is 0 Å². The number of amides is 2. The lowest BCUT2D eigenvalue weighted by Crippen LogP contribution is -2.53. The number of rotatable bonds is 5. The Bertz CT molecular complexity index is 757. The Morgan fingerprint density at radius 3 is 2.11 bits per heavy atom. The smallest absolute Gasteiger partial charge is 0.227 e. The summed E-state index contributed by atoms with van der Waals surface area (Å²) in [7, 11) is 0. The number of carbonyl (C=O) groups is 2. The first-order chi connectivity index (χ1) is 12.9. The van der Waals surface area contributed by atoms with Crippen molar-refractivity contribution in [1.29, 1.82) is 0 Å². The van der Waals surface area contributed by atoms with Gasteiger partial charge in [-0.25, -0.2) is 0 Å². The summed E-state index contributed by atoms with van der Waals surface area (Å²) in [5, 5.41) is 6.01. The molecule has 5 heteroatoms. The zero-order valence-electron chi connectivity index (χ0n) is 15.6. The lowest BCUT2D eigenvalue weighted by atomic mass is 9.48. The fourth-order valence-corrected chi connectivity index (χ4v) is 7.83. The van der Waals surface area contributed by atoms with E-state index in [2.05, 4.69) is 26.6 Å². The van der Waals surface area contributed by atoms with Crippen molar-refractivity contribution in [2.75, 3.05) is 10.6 Å². The Hall–Kier alpha value is -1.36. The topological polar surface area (TPSA) is 58.2 Å². The minimum atomic E-state index is 0.109. The van der Waals surface area contributed by atoms with Gasteiger partial charge in [0.2, 0.25) is 11.8 Å². The Morgan fingerprint density at radius 1 is 0.963 bits per heavy atom. The molecule has 0 radical (unpaired) electrons. The van der Waals surface area contributed by atoms with Crippen LogP contribution in [0.2, 0.25) is 0 Å². The first kappa shape index (κ1) is 17.7. The summed E-state index contributed by atoms with van der Waals surface area (Å²) in [6.45, 7) is 0. The maximum Gasteiger partial charge on any atom is 0.227 e. The molecule has 2 atom stereocenters. The maximum absolute atomic E-state index is 12.8. The zero-order valence-corrected chi connectivity index (χ0v) is 17.2. The number of alkyl halides is 1. The maximum atomic E-state index is 12.8. The lowest BCUT2D eigenvalue weighted by molar-refractivity contribution is -0.123. The first-order valence-corrected chi connectivity index (χ1v) is 11.1. The summed E-state index contributed by atoms with van der Waals surface area (Å²) >= 11 is 4.03. The van der Waals surface area contributed by atoms with E-state index >= 15 is 0 Å². The highest BCUT2D eigenvalue weighted by Crippen LogP contribution is 2.65. The van der Waals surface area contributed by atoms with Crippen LogP contribution in [0.3, 0.4) is 0 Å². The van der Waals surface area contributed by atoms with E-state index in [1.165, 1.54) is 32.1 Å². The van der Waals surface area contributed by atoms with E-state index < -0.39 is 0 Å². The van der Waals surface area contributed by atoms with Gasteiger partial charge >= 0.3 is 0 Å². The standard InChI is InChI=1S/C22H27BrN2O2/c23-22-10-14-7-15(11-22)9-21(8-14,13-22)12-19(26)24-17-3-5-18(6-4-17)25-20(27)16-1-2-16/h3-6,14-16H,1-2,7-13H2,(H,24,26)(H,25,27). The van der Waals surface area contributed by atoms with Crippen molar-refractivity contribution in [3.05, 3.63) is 24.3 Å². The summed E-state index contributed by atoms with van der Waals surface area (Å²) in [6, 6.07) is 7.50. The van der Waals surface area contributed by atoms with Gasteiger partial charge in [-0.05, 0) is 92.9 Å². The van der Waals surface area contributed by atoms with Crippen molar-refractivity contribution in [2.45, 2.75) is 62.1 Å². The van der Waals surface area contributed by atoms with Crippen LogP contribution in [0.15, 0.2) is 24.3 Å². The molecule has 27 heavy (non-hydrogen) atoms. The van der Waals surface area contributed by atoms with Gasteiger partial charge in [0.1, 0.15) is 0 Å². The number of halogens is 1. The quantitative estimate of drug-likeness (QED) is 0.638. The predicted octanol–water partition coefficient (Wildman–Crippen LogP) is 5.10. The molecule has 0 aliphatic heterocycles. The highest BCUT2D eigenvalue weighted by molar-refractivity contribution is 9.10. The average molecular weight is 431 g/mol. The molecule has 0 saturated heterocycles. The largest absolute Gasteiger partial charge is 0.326 e. The fraction of sp³-hybridized carbons (Fsp3) is 0.636. The molecule has 5 saturated carbocycles. The Balaban J connectivity index is 1.20. The number of nitrogens with one attached hydrogen (secondary N) is 2. The van der Waals surface area contributed by atoms with Crippen LogP contribution in [0.25, 0.3) is 0 Å². The molecule has 5 fully saturated rings. The molecule has 2 unspecified atom stereocenters. The molecular weight excluding hydrogens is 404 g/mol. The van der Waals surface area contributed by atoms with Gasteiger partial charge in [-0.1, -0.05) is 15.9 Å². The number of carbonyl (C=O) groups excluding carboxylic acids is 2. The van der Waals surface area contributed by atoms with Crippen LogP contribution in [0.1, 0.15) is 57.8 Å². The van der Waals surface area contributed by atoms with Gasteiger partial charge in [0.25, 0.3) is 0 Å². The van der Waals surface area contributed by atoms with Crippen LogP contribution in [-0.4, -0.2) is 16.1 Å². The van der Waals surface area contributed by atoms with Crippen LogP contribution < -0.4 is 10.6 Å². The summed E-state index contributed by atoms with van der Waals surface area (Å²) in [4.78, 5) is 24.6. The van der Waals surface area contributed by atoms with Gasteiger partial charge in [-0.2, -0.15) is 0 Å². The third-order valence-electron chi connectivity index (χ3n) is 7.03. The molecule has 5 aliphatic rings. The van der Waals surface area contributed by atoms with E-state index in [4.69, 9.17) is 0 Å². The van der Waals surface area contributed by atoms with Crippen LogP contribution in [-0.2, 0) is 9.59 Å². The molecule has 2 amide bonds. The monoisotopic (exact) mass is 430 g/mol. The summed E-state index contributed by atoms with van der Waals surface area (Å²) in [6.07, 6.45) is 10.2. The third kappa shape index (κ3) is 3.67. The van der Waals surface area contributed by atoms with E-state index in [1.54, 1.807) is 0 Å². The Morgan fingerprint density at radius 2 is 1.56 bits per heavy atom. The van der Waals surface area contributed by atoms with Gasteiger partial charge < -0.3 is 10.6 Å². The zero-order chi connectivity index (χ0) is 18.6. The molecule has 0 aromatic heterocycles. The summed E-state index contributed by atoms with van der Waals surface area (Å²) in [5.74, 6) is 2.03. The van der Waals surface area contributed by atoms with Crippen molar-refractivity contribution >= 4 is 39.1 Å². The van der Waals surface area contributed by atoms with E-state index in [9.17, 15) is 9.59 Å². The van der Waals surface area contributed by atoms with Crippen LogP contribution in [0, 0.1) is 23.2 Å². The number of hydrogen-bond donors (Lipinski definition) is 2. The van der Waals surface area contributed by atoms with Crippen molar-refractivity contribution in [3.63, 3.8) is 0 Å². The second-order valence-electron chi connectivity index (χ2n) is 9.68. The summed E-state index contributed by atoms with van der Waals surface area (Å²) in [5.41, 5.74) is 1.80. The number of hydrogen-bond acceptors (Lipinski definition) is 2. The molecule has 6 rings (SSSR count). The minimum Gasteiger partial charge on any atom is -0.326 e. The van der Waals surface area contributed by atoms with E-state index in [0.29, 0.717) is 10.7 Å². The van der Waals surface area contributed by atoms with Gasteiger partial charge in [0, 0.05) is 28.0 Å². The van der Waals surface area contributed by atoms with Gasteiger partial charge in [0.15, 0.2) is 0 Å². The second-order valence-corrected chi connectivity index (χ2v) is 11.4. The highest BCUT2D eigenvalue weighted by atomic mass is 79.9. The minimum absolute atomic E-state index is 0.109. The molecule has 1 aromatic rings. The van der Waals surface area contributed by atoms with Crippen molar-refractivity contribution in [2.24, 2.45) is 23.2 Å². The second kappa shape index (κ2) is 6.33. The molecule has 4 nitrogen and oxygen atoms in total. The van der Waals surface area contributed by atoms with E-state index in [0.717, 1.165) is 42.5 Å². The number of anilines is 2. The van der Waals surface area contributed by atoms with Crippen molar-refractivity contribution in [3.8, 4) is 0 Å². The molecule has 0 heterocycles. The van der Waals surface area contributed by atoms with Crippen molar-refractivity contribution in [1.82, 2.24) is 0 Å². The molecule has 4 bridgehead atoms. The highest BCUT2D eigenvalue weighted by Gasteiger charge is 2.57. The Kier molecular flexibility index (Phi) is 4.15. The third-order valence-corrected chi connectivity index (χ3v) is 7.96. The first-order valence-electron chi connectivity index (χ1n) is 10.3. The van der Waals surface area contributed by atoms with Crippen LogP contribution in [0.5, 0.6) is 0 Å². The molecule has 144 valence electrons. The van der Waals surface area contributed by atoms with E-state index in [-0.39, 0.29) is 23.1 Å². The molecule has 2 N–H and O–H groups in total.